The number of nitro benzene ring substituents is 1. The first-order valence-electron chi connectivity index (χ1n) is 9.28. The summed E-state index contributed by atoms with van der Waals surface area (Å²) >= 11 is 0. The zero-order valence-corrected chi connectivity index (χ0v) is 15.5. The molecule has 0 aliphatic carbocycles. The van der Waals surface area contributed by atoms with E-state index in [1.807, 2.05) is 0 Å². The van der Waals surface area contributed by atoms with Gasteiger partial charge >= 0.3 is 0 Å². The van der Waals surface area contributed by atoms with Gasteiger partial charge in [-0.05, 0) is 24.8 Å². The van der Waals surface area contributed by atoms with E-state index in [2.05, 4.69) is 0 Å². The smallest absolute Gasteiger partial charge is 0.282 e. The number of imide groups is 1. The number of rotatable bonds is 4. The molecule has 1 atom stereocenters. The maximum Gasteiger partial charge on any atom is 0.282 e. The first-order valence-corrected chi connectivity index (χ1v) is 9.28. The van der Waals surface area contributed by atoms with E-state index in [1.165, 1.54) is 18.2 Å². The first kappa shape index (κ1) is 19.0. The molecule has 1 aromatic rings. The van der Waals surface area contributed by atoms with Crippen LogP contribution < -0.4 is 0 Å². The van der Waals surface area contributed by atoms with Crippen LogP contribution in [0.25, 0.3) is 0 Å². The van der Waals surface area contributed by atoms with Gasteiger partial charge in [0.25, 0.3) is 17.5 Å². The molecule has 3 amide bonds. The Hall–Kier alpha value is -2.77. The Balaban J connectivity index is 1.98. The van der Waals surface area contributed by atoms with E-state index < -0.39 is 28.5 Å². The molecule has 0 N–H and O–H groups in total. The molecule has 2 heterocycles. The molecule has 27 heavy (non-hydrogen) atoms. The molecule has 3 rings (SSSR count). The summed E-state index contributed by atoms with van der Waals surface area (Å²) in [6, 6.07) is 3.02. The average molecular weight is 373 g/mol. The number of nitro groups is 1. The quantitative estimate of drug-likeness (QED) is 0.459. The van der Waals surface area contributed by atoms with Crippen LogP contribution >= 0.6 is 0 Å². The number of fused-ring (bicyclic) bond motifs is 1. The van der Waals surface area contributed by atoms with Crippen molar-refractivity contribution < 1.29 is 19.3 Å². The second-order valence-electron chi connectivity index (χ2n) is 7.37. The number of likely N-dealkylation sites (tertiary alicyclic amines) is 1. The standard InChI is InChI=1S/C19H23N3O5/c1-12(2)16(19(25)20-10-5-3-4-6-11-20)21-17(23)13-8-7-9-14(22(26)27)15(13)18(21)24/h7-9,12,16H,3-6,10-11H2,1-2H3/t16-/m1/s1. The maximum absolute atomic E-state index is 13.2. The van der Waals surface area contributed by atoms with Gasteiger partial charge in [0.05, 0.1) is 10.5 Å². The van der Waals surface area contributed by atoms with E-state index in [0.29, 0.717) is 13.1 Å². The van der Waals surface area contributed by atoms with Crippen LogP contribution in [-0.4, -0.2) is 51.6 Å². The highest BCUT2D eigenvalue weighted by molar-refractivity contribution is 6.24. The van der Waals surface area contributed by atoms with Gasteiger partial charge in [0.2, 0.25) is 5.91 Å². The molecular weight excluding hydrogens is 350 g/mol. The van der Waals surface area contributed by atoms with Gasteiger partial charge in [-0.1, -0.05) is 32.8 Å². The molecule has 8 nitrogen and oxygen atoms in total. The molecule has 2 aliphatic heterocycles. The third-order valence-corrected chi connectivity index (χ3v) is 5.20. The molecule has 0 unspecified atom stereocenters. The number of amides is 3. The predicted octanol–water partition coefficient (Wildman–Crippen LogP) is 2.62. The first-order chi connectivity index (χ1) is 12.8. The summed E-state index contributed by atoms with van der Waals surface area (Å²) in [5.41, 5.74) is -0.636. The van der Waals surface area contributed by atoms with Crippen LogP contribution in [0.15, 0.2) is 18.2 Å². The highest BCUT2D eigenvalue weighted by Crippen LogP contribution is 2.33. The fourth-order valence-electron chi connectivity index (χ4n) is 3.86. The SMILES string of the molecule is CC(C)[C@H](C(=O)N1CCCCCC1)N1C(=O)c2cccc([N+](=O)[O-])c2C1=O. The van der Waals surface area contributed by atoms with Crippen LogP contribution in [0.2, 0.25) is 0 Å². The molecule has 1 aromatic carbocycles. The fourth-order valence-corrected chi connectivity index (χ4v) is 3.86. The Labute approximate surface area is 157 Å². The lowest BCUT2D eigenvalue weighted by Gasteiger charge is -2.33. The fraction of sp³-hybridized carbons (Fsp3) is 0.526. The highest BCUT2D eigenvalue weighted by Gasteiger charge is 2.48. The number of carbonyl (C=O) groups is 3. The number of hydrogen-bond acceptors (Lipinski definition) is 5. The van der Waals surface area contributed by atoms with Gasteiger partial charge in [0.1, 0.15) is 11.6 Å². The maximum atomic E-state index is 13.2. The molecule has 2 aliphatic rings. The molecule has 0 bridgehead atoms. The number of hydrogen-bond donors (Lipinski definition) is 0. The van der Waals surface area contributed by atoms with Crippen molar-refractivity contribution in [2.45, 2.75) is 45.6 Å². The largest absolute Gasteiger partial charge is 0.341 e. The van der Waals surface area contributed by atoms with Crippen LogP contribution in [0, 0.1) is 16.0 Å². The third kappa shape index (κ3) is 3.31. The topological polar surface area (TPSA) is 101 Å². The second kappa shape index (κ2) is 7.46. The molecule has 0 spiro atoms. The number of benzene rings is 1. The molecule has 0 aromatic heterocycles. The Bertz CT molecular complexity index is 797. The van der Waals surface area contributed by atoms with Gasteiger partial charge in [-0.15, -0.1) is 0 Å². The molecule has 144 valence electrons. The van der Waals surface area contributed by atoms with Crippen molar-refractivity contribution in [2.24, 2.45) is 5.92 Å². The van der Waals surface area contributed by atoms with Gasteiger partial charge in [0, 0.05) is 19.2 Å². The van der Waals surface area contributed by atoms with Crippen molar-refractivity contribution in [3.63, 3.8) is 0 Å². The van der Waals surface area contributed by atoms with Crippen molar-refractivity contribution in [2.75, 3.05) is 13.1 Å². The van der Waals surface area contributed by atoms with Gasteiger partial charge in [-0.3, -0.25) is 29.4 Å². The van der Waals surface area contributed by atoms with Gasteiger partial charge < -0.3 is 4.90 Å². The summed E-state index contributed by atoms with van der Waals surface area (Å²) in [6.45, 7) is 4.76. The van der Waals surface area contributed by atoms with Crippen molar-refractivity contribution >= 4 is 23.4 Å². The lowest BCUT2D eigenvalue weighted by Crippen LogP contribution is -2.53. The molecule has 0 radical (unpaired) electrons. The monoisotopic (exact) mass is 373 g/mol. The van der Waals surface area contributed by atoms with E-state index in [9.17, 15) is 24.5 Å². The number of nitrogens with zero attached hydrogens (tertiary/aromatic N) is 3. The van der Waals surface area contributed by atoms with Crippen molar-refractivity contribution in [3.05, 3.63) is 39.4 Å². The van der Waals surface area contributed by atoms with Gasteiger partial charge in [-0.2, -0.15) is 0 Å². The van der Waals surface area contributed by atoms with Crippen molar-refractivity contribution in [1.82, 2.24) is 9.80 Å². The lowest BCUT2D eigenvalue weighted by atomic mass is 10.0. The minimum atomic E-state index is -0.963. The molecule has 1 fully saturated rings. The molecule has 0 saturated carbocycles. The zero-order valence-electron chi connectivity index (χ0n) is 15.5. The number of carbonyl (C=O) groups excluding carboxylic acids is 3. The molecule has 8 heteroatoms. The van der Waals surface area contributed by atoms with Crippen LogP contribution in [0.4, 0.5) is 5.69 Å². The van der Waals surface area contributed by atoms with E-state index in [4.69, 9.17) is 0 Å². The second-order valence-corrected chi connectivity index (χ2v) is 7.37. The van der Waals surface area contributed by atoms with Crippen LogP contribution in [0.5, 0.6) is 0 Å². The minimum Gasteiger partial charge on any atom is -0.341 e. The summed E-state index contributed by atoms with van der Waals surface area (Å²) in [7, 11) is 0. The lowest BCUT2D eigenvalue weighted by molar-refractivity contribution is -0.385. The van der Waals surface area contributed by atoms with Crippen molar-refractivity contribution in [1.29, 1.82) is 0 Å². The predicted molar refractivity (Wildman–Crippen MR) is 97.3 cm³/mol. The summed E-state index contributed by atoms with van der Waals surface area (Å²) in [6.07, 6.45) is 3.89. The van der Waals surface area contributed by atoms with E-state index in [1.54, 1.807) is 18.7 Å². The average Bonchev–Trinajstić information content (AvgIpc) is 2.83. The Morgan fingerprint density at radius 1 is 1.07 bits per heavy atom. The minimum absolute atomic E-state index is 0.0106. The zero-order chi connectivity index (χ0) is 19.7. The van der Waals surface area contributed by atoms with E-state index >= 15 is 0 Å². The van der Waals surface area contributed by atoms with Crippen LogP contribution in [0.1, 0.15) is 60.2 Å². The Morgan fingerprint density at radius 2 is 1.70 bits per heavy atom. The molecular formula is C19H23N3O5. The summed E-state index contributed by atoms with van der Waals surface area (Å²) in [5.74, 6) is -1.96. The molecule has 1 saturated heterocycles. The van der Waals surface area contributed by atoms with Gasteiger partial charge in [0.15, 0.2) is 0 Å². The van der Waals surface area contributed by atoms with Crippen molar-refractivity contribution in [3.8, 4) is 0 Å². The van der Waals surface area contributed by atoms with Crippen LogP contribution in [0.3, 0.4) is 0 Å². The summed E-state index contributed by atoms with van der Waals surface area (Å²) in [5, 5.41) is 11.3. The van der Waals surface area contributed by atoms with E-state index in [0.717, 1.165) is 30.6 Å². The Morgan fingerprint density at radius 3 is 2.26 bits per heavy atom. The third-order valence-electron chi connectivity index (χ3n) is 5.20. The van der Waals surface area contributed by atoms with E-state index in [-0.39, 0.29) is 23.0 Å². The van der Waals surface area contributed by atoms with Gasteiger partial charge in [-0.25, -0.2) is 0 Å². The Kier molecular flexibility index (Phi) is 5.25. The summed E-state index contributed by atoms with van der Waals surface area (Å²) in [4.78, 5) is 52.3. The highest BCUT2D eigenvalue weighted by atomic mass is 16.6. The van der Waals surface area contributed by atoms with Crippen LogP contribution in [-0.2, 0) is 4.79 Å². The normalized spacial score (nSPS) is 18.5. The summed E-state index contributed by atoms with van der Waals surface area (Å²) < 4.78 is 0.